The number of carbonyl (C=O) groups is 2. The molecule has 3 N–H and O–H groups in total. The number of imidazole rings is 1. The number of amides is 2. The summed E-state index contributed by atoms with van der Waals surface area (Å²) in [6.07, 6.45) is -3.30. The van der Waals surface area contributed by atoms with E-state index in [0.717, 1.165) is 17.5 Å². The second-order valence-corrected chi connectivity index (χ2v) is 10.4. The number of methoxy groups -OCH3 is 1. The Balaban J connectivity index is 0.00000370. The van der Waals surface area contributed by atoms with E-state index in [2.05, 4.69) is 20.6 Å². The Morgan fingerprint density at radius 2 is 1.68 bits per heavy atom. The van der Waals surface area contributed by atoms with Crippen LogP contribution in [-0.2, 0) is 27.4 Å². The summed E-state index contributed by atoms with van der Waals surface area (Å²) in [6, 6.07) is 11.4. The quantitative estimate of drug-likeness (QED) is 0.274. The van der Waals surface area contributed by atoms with Crippen molar-refractivity contribution in [1.82, 2.24) is 9.97 Å². The molecule has 0 fully saturated rings. The molecule has 0 atom stereocenters. The van der Waals surface area contributed by atoms with E-state index in [1.165, 1.54) is 49.6 Å². The van der Waals surface area contributed by atoms with Crippen molar-refractivity contribution in [3.05, 3.63) is 88.1 Å². The molecule has 0 saturated heterocycles. The smallest absolute Gasteiger partial charge is 0.377 e. The lowest BCUT2D eigenvalue weighted by molar-refractivity contribution is -0.137. The molecule has 5 rings (SSSR count). The maximum Gasteiger partial charge on any atom is 0.417 e. The zero-order valence-electron chi connectivity index (χ0n) is 20.5. The van der Waals surface area contributed by atoms with Gasteiger partial charge in [0, 0.05) is 23.9 Å². The summed E-state index contributed by atoms with van der Waals surface area (Å²) in [6.45, 7) is 0.0755. The number of sulfone groups is 1. The molecule has 0 radical (unpaired) electrons. The number of aromatic nitrogens is 2. The Bertz CT molecular complexity index is 1780. The number of halogens is 4. The Morgan fingerprint density at radius 3 is 2.40 bits per heavy atom. The van der Waals surface area contributed by atoms with Crippen molar-refractivity contribution in [1.29, 1.82) is 0 Å². The number of benzene rings is 3. The van der Waals surface area contributed by atoms with Gasteiger partial charge in [0.1, 0.15) is 17.9 Å². The fourth-order valence-corrected chi connectivity index (χ4v) is 5.40. The number of ether oxygens (including phenoxy) is 1. The Morgan fingerprint density at radius 1 is 0.975 bits per heavy atom. The van der Waals surface area contributed by atoms with E-state index in [1.54, 1.807) is 6.07 Å². The molecule has 9 nitrogen and oxygen atoms in total. The molecular formula is C26H20ClF3N4O5S. The van der Waals surface area contributed by atoms with E-state index in [1.807, 2.05) is 0 Å². The number of rotatable bonds is 6. The zero-order chi connectivity index (χ0) is 27.9. The summed E-state index contributed by atoms with van der Waals surface area (Å²) in [7, 11) is -2.17. The minimum Gasteiger partial charge on any atom is -0.377 e. The summed E-state index contributed by atoms with van der Waals surface area (Å²) in [4.78, 5) is 33.5. The van der Waals surface area contributed by atoms with E-state index in [-0.39, 0.29) is 46.4 Å². The third kappa shape index (κ3) is 5.57. The maximum atomic E-state index is 13.4. The van der Waals surface area contributed by atoms with E-state index < -0.39 is 39.0 Å². The van der Waals surface area contributed by atoms with Crippen molar-refractivity contribution >= 4 is 62.5 Å². The molecule has 0 spiro atoms. The molecule has 208 valence electrons. The number of hydrogen-bond acceptors (Lipinski definition) is 6. The number of carbonyl (C=O) groups excluding carboxylic acids is 2. The standard InChI is InChI=1S/C26H19F3N4O5S.ClH/c1-38-13-22-32-20-11-16(31-24(34)17-4-2-3-5-19(17)26(27,28)29)10-18(23(20)33-22)25(35)30-15-7-6-14-8-9-39(36,37)21(14)12-15;/h2-12H,13H2,1H3,(H,30,35)(H,31,34)(H,32,33);1H. The topological polar surface area (TPSA) is 130 Å². The molecule has 40 heavy (non-hydrogen) atoms. The van der Waals surface area contributed by atoms with Gasteiger partial charge in [0.05, 0.1) is 27.1 Å². The number of fused-ring (bicyclic) bond motifs is 2. The fraction of sp³-hybridized carbons (Fsp3) is 0.115. The highest BCUT2D eigenvalue weighted by molar-refractivity contribution is 7.94. The number of anilines is 2. The average molecular weight is 593 g/mol. The van der Waals surface area contributed by atoms with Gasteiger partial charge in [-0.15, -0.1) is 12.4 Å². The molecule has 2 heterocycles. The summed E-state index contributed by atoms with van der Waals surface area (Å²) < 4.78 is 69.8. The van der Waals surface area contributed by atoms with Crippen LogP contribution in [0.3, 0.4) is 0 Å². The van der Waals surface area contributed by atoms with Crippen molar-refractivity contribution < 1.29 is 35.9 Å². The summed E-state index contributed by atoms with van der Waals surface area (Å²) >= 11 is 0. The number of H-pyrrole nitrogens is 1. The van der Waals surface area contributed by atoms with E-state index in [4.69, 9.17) is 4.74 Å². The average Bonchev–Trinajstić information content (AvgIpc) is 3.42. The van der Waals surface area contributed by atoms with Gasteiger partial charge in [-0.1, -0.05) is 18.2 Å². The molecule has 1 aliphatic rings. The van der Waals surface area contributed by atoms with Gasteiger partial charge in [0.15, 0.2) is 0 Å². The van der Waals surface area contributed by atoms with Crippen LogP contribution in [0.1, 0.15) is 37.7 Å². The first-order valence-corrected chi connectivity index (χ1v) is 12.9. The number of hydrogen-bond donors (Lipinski definition) is 3. The molecule has 0 bridgehead atoms. The predicted molar refractivity (Wildman–Crippen MR) is 144 cm³/mol. The Labute approximate surface area is 231 Å². The Kier molecular flexibility index (Phi) is 7.74. The largest absolute Gasteiger partial charge is 0.417 e. The molecule has 3 aromatic carbocycles. The first-order valence-electron chi connectivity index (χ1n) is 11.3. The molecule has 4 aromatic rings. The van der Waals surface area contributed by atoms with Crippen LogP contribution in [0.5, 0.6) is 0 Å². The van der Waals surface area contributed by atoms with Crippen LogP contribution >= 0.6 is 12.4 Å². The highest BCUT2D eigenvalue weighted by atomic mass is 35.5. The molecule has 1 aliphatic heterocycles. The fourth-order valence-electron chi connectivity index (χ4n) is 4.18. The normalized spacial score (nSPS) is 13.5. The minimum atomic E-state index is -4.75. The molecule has 2 amide bonds. The highest BCUT2D eigenvalue weighted by Crippen LogP contribution is 2.33. The van der Waals surface area contributed by atoms with E-state index in [9.17, 15) is 31.2 Å². The highest BCUT2D eigenvalue weighted by Gasteiger charge is 2.35. The second kappa shape index (κ2) is 10.8. The molecule has 0 unspecified atom stereocenters. The van der Waals surface area contributed by atoms with Crippen molar-refractivity contribution in [2.24, 2.45) is 0 Å². The summed E-state index contributed by atoms with van der Waals surface area (Å²) in [5.74, 6) is -1.35. The molecule has 14 heteroatoms. The summed E-state index contributed by atoms with van der Waals surface area (Å²) in [5.41, 5.74) is -0.482. The lowest BCUT2D eigenvalue weighted by atomic mass is 10.1. The first kappa shape index (κ1) is 28.8. The van der Waals surface area contributed by atoms with Crippen molar-refractivity contribution in [2.75, 3.05) is 17.7 Å². The number of alkyl halides is 3. The third-order valence-electron chi connectivity index (χ3n) is 5.90. The zero-order valence-corrected chi connectivity index (χ0v) is 22.1. The van der Waals surface area contributed by atoms with Crippen molar-refractivity contribution in [3.8, 4) is 0 Å². The first-order chi connectivity index (χ1) is 18.5. The van der Waals surface area contributed by atoms with Gasteiger partial charge in [0.2, 0.25) is 9.84 Å². The molecule has 1 aromatic heterocycles. The predicted octanol–water partition coefficient (Wildman–Crippen LogP) is 5.41. The van der Waals surface area contributed by atoms with Gasteiger partial charge < -0.3 is 20.4 Å². The van der Waals surface area contributed by atoms with E-state index in [0.29, 0.717) is 16.9 Å². The number of nitrogens with zero attached hydrogens (tertiary/aromatic N) is 1. The van der Waals surface area contributed by atoms with Crippen LogP contribution in [0.25, 0.3) is 17.1 Å². The second-order valence-electron chi connectivity index (χ2n) is 8.59. The van der Waals surface area contributed by atoms with E-state index >= 15 is 0 Å². The van der Waals surface area contributed by atoms with Gasteiger partial charge in [-0.2, -0.15) is 13.2 Å². The molecule has 0 saturated carbocycles. The van der Waals surface area contributed by atoms with Crippen LogP contribution in [0.4, 0.5) is 24.5 Å². The van der Waals surface area contributed by atoms with Gasteiger partial charge in [0.25, 0.3) is 11.8 Å². The lowest BCUT2D eigenvalue weighted by Gasteiger charge is -2.13. The van der Waals surface area contributed by atoms with Gasteiger partial charge >= 0.3 is 6.18 Å². The van der Waals surface area contributed by atoms with Crippen molar-refractivity contribution in [2.45, 2.75) is 17.7 Å². The van der Waals surface area contributed by atoms with Crippen LogP contribution in [0, 0.1) is 0 Å². The minimum absolute atomic E-state index is 0. The van der Waals surface area contributed by atoms with Crippen molar-refractivity contribution in [3.63, 3.8) is 0 Å². The summed E-state index contributed by atoms with van der Waals surface area (Å²) in [5, 5.41) is 6.11. The van der Waals surface area contributed by atoms with Gasteiger partial charge in [-0.3, -0.25) is 9.59 Å². The molecular weight excluding hydrogens is 573 g/mol. The Hall–Kier alpha value is -4.20. The lowest BCUT2D eigenvalue weighted by Crippen LogP contribution is -2.19. The maximum absolute atomic E-state index is 13.4. The number of aromatic amines is 1. The van der Waals surface area contributed by atoms with Crippen LogP contribution in [-0.4, -0.2) is 37.3 Å². The number of nitrogens with one attached hydrogen (secondary N) is 3. The van der Waals surface area contributed by atoms with Crippen LogP contribution in [0.2, 0.25) is 0 Å². The SMILES string of the molecule is COCc1nc2c(C(=O)Nc3ccc4c(c3)S(=O)(=O)C=C4)cc(NC(=O)c3ccccc3C(F)(F)F)cc2[nH]1.Cl. The monoisotopic (exact) mass is 592 g/mol. The van der Waals surface area contributed by atoms with Crippen LogP contribution < -0.4 is 10.6 Å². The van der Waals surface area contributed by atoms with Crippen LogP contribution in [0.15, 0.2) is 64.9 Å². The third-order valence-corrected chi connectivity index (χ3v) is 7.36. The molecule has 0 aliphatic carbocycles. The van der Waals surface area contributed by atoms with Gasteiger partial charge in [-0.25, -0.2) is 13.4 Å². The van der Waals surface area contributed by atoms with Gasteiger partial charge in [-0.05, 0) is 48.0 Å².